The zero-order valence-corrected chi connectivity index (χ0v) is 47.0. The van der Waals surface area contributed by atoms with E-state index in [-0.39, 0.29) is 30.6 Å². The third-order valence-corrected chi connectivity index (χ3v) is 17.0. The molecular weight excluding hydrogens is 1060 g/mol. The number of benzene rings is 5. The summed E-state index contributed by atoms with van der Waals surface area (Å²) < 4.78 is 30.8. The van der Waals surface area contributed by atoms with Crippen molar-refractivity contribution in [3.05, 3.63) is 147 Å². The summed E-state index contributed by atoms with van der Waals surface area (Å²) in [6, 6.07) is 33.0. The first kappa shape index (κ1) is 53.8. The van der Waals surface area contributed by atoms with E-state index < -0.39 is 19.2 Å². The number of para-hydroxylation sites is 1. The van der Waals surface area contributed by atoms with Crippen LogP contribution in [0.4, 0.5) is 33.6 Å². The lowest BCUT2D eigenvalue weighted by Gasteiger charge is -2.51. The number of ether oxygens (including phenoxy) is 3. The average molecular weight is 1120 g/mol. The zero-order valence-electron chi connectivity index (χ0n) is 43.8. The van der Waals surface area contributed by atoms with E-state index in [2.05, 4.69) is 36.5 Å². The Labute approximate surface area is 464 Å². The van der Waals surface area contributed by atoms with Crippen LogP contribution in [0.1, 0.15) is 55.5 Å². The van der Waals surface area contributed by atoms with Crippen LogP contribution in [0.2, 0.25) is 15.1 Å². The predicted octanol–water partition coefficient (Wildman–Crippen LogP) is 11.1. The lowest BCUT2D eigenvalue weighted by Crippen LogP contribution is -2.63. The molecule has 10 rings (SSSR count). The smallest absolute Gasteiger partial charge is 0.326 e. The summed E-state index contributed by atoms with van der Waals surface area (Å²) in [6.07, 6.45) is 3.10. The molecule has 0 radical (unpaired) electrons. The van der Waals surface area contributed by atoms with Crippen molar-refractivity contribution < 1.29 is 28.4 Å². The number of amidine groups is 1. The topological polar surface area (TPSA) is 157 Å². The van der Waals surface area contributed by atoms with Gasteiger partial charge in [-0.15, -0.1) is 0 Å². The van der Waals surface area contributed by atoms with Gasteiger partial charge in [0.05, 0.1) is 49.5 Å². The number of halogens is 3. The third kappa shape index (κ3) is 11.7. The van der Waals surface area contributed by atoms with Crippen molar-refractivity contribution in [2.24, 2.45) is 4.99 Å². The molecule has 402 valence electrons. The first-order chi connectivity index (χ1) is 37.0. The van der Waals surface area contributed by atoms with Crippen molar-refractivity contribution in [1.29, 1.82) is 0 Å². The second-order valence-corrected chi connectivity index (χ2v) is 24.8. The van der Waals surface area contributed by atoms with Gasteiger partial charge in [0.2, 0.25) is 11.9 Å². The molecule has 1 saturated carbocycles. The normalized spacial score (nSPS) is 20.0. The van der Waals surface area contributed by atoms with Gasteiger partial charge >= 0.3 is 6.03 Å². The van der Waals surface area contributed by atoms with Crippen molar-refractivity contribution >= 4 is 93.9 Å². The fraction of sp³-hybridized carbons (Fsp3) is 0.351. The van der Waals surface area contributed by atoms with Crippen molar-refractivity contribution in [2.75, 3.05) is 88.9 Å². The van der Waals surface area contributed by atoms with Gasteiger partial charge in [0.25, 0.3) is 0 Å². The molecule has 0 bridgehead atoms. The van der Waals surface area contributed by atoms with E-state index in [1.807, 2.05) is 122 Å². The molecule has 2 saturated heterocycles. The van der Waals surface area contributed by atoms with E-state index >= 15 is 4.79 Å². The molecule has 4 aliphatic rings. The number of nitrogens with one attached hydrogen (secondary N) is 2. The monoisotopic (exact) mass is 1120 g/mol. The Bertz CT molecular complexity index is 3220. The van der Waals surface area contributed by atoms with E-state index in [0.717, 1.165) is 55.8 Å². The van der Waals surface area contributed by atoms with Gasteiger partial charge < -0.3 is 44.1 Å². The number of carbonyl (C=O) groups is 2. The summed E-state index contributed by atoms with van der Waals surface area (Å²) in [5, 5.41) is 8.72. The van der Waals surface area contributed by atoms with E-state index in [9.17, 15) is 9.36 Å². The lowest BCUT2D eigenvalue weighted by molar-refractivity contribution is -0.141. The van der Waals surface area contributed by atoms with E-state index in [1.165, 1.54) is 6.20 Å². The molecule has 0 spiro atoms. The summed E-state index contributed by atoms with van der Waals surface area (Å²) in [4.78, 5) is 54.2. The first-order valence-electron chi connectivity index (χ1n) is 25.7. The van der Waals surface area contributed by atoms with Crippen LogP contribution >= 0.6 is 41.9 Å². The summed E-state index contributed by atoms with van der Waals surface area (Å²) >= 11 is 19.3. The van der Waals surface area contributed by atoms with Crippen LogP contribution in [0.25, 0.3) is 0 Å². The summed E-state index contributed by atoms with van der Waals surface area (Å²) in [5.74, 6) is 2.81. The summed E-state index contributed by atoms with van der Waals surface area (Å²) in [7, 11) is 0.654. The van der Waals surface area contributed by atoms with Gasteiger partial charge in [-0.05, 0) is 112 Å². The van der Waals surface area contributed by atoms with Gasteiger partial charge in [0, 0.05) is 84.5 Å². The van der Waals surface area contributed by atoms with Crippen LogP contribution in [0.15, 0.2) is 120 Å². The molecule has 77 heavy (non-hydrogen) atoms. The van der Waals surface area contributed by atoms with E-state index in [4.69, 9.17) is 54.0 Å². The maximum atomic E-state index is 15.3. The minimum atomic E-state index is -2.58. The average Bonchev–Trinajstić information content (AvgIpc) is 3.80. The number of amides is 3. The SMILES string of the molecule is COc1ccc(C2=N[C@@H](c3ccc(Cl)cc3)[C@@H](c3ccc(Cl)cc3)N2C(=O)N2CCN(C3CC(N4CCN(c5ccc(Nc6ncc(Cl)c(Nc7ccccc7P(C)(C)=O)n6)c(OC)c5)CC4)C3)C(=O)C2)c(OC(C)C)c1. The molecule has 3 fully saturated rings. The molecule has 3 aliphatic heterocycles. The molecule has 4 heterocycles. The first-order valence-corrected chi connectivity index (χ1v) is 29.5. The van der Waals surface area contributed by atoms with Crippen LogP contribution in [0.5, 0.6) is 17.2 Å². The fourth-order valence-electron chi connectivity index (χ4n) is 10.7. The largest absolute Gasteiger partial charge is 0.497 e. The second kappa shape index (κ2) is 22.8. The van der Waals surface area contributed by atoms with Gasteiger partial charge in [-0.1, -0.05) is 71.2 Å². The van der Waals surface area contributed by atoms with Crippen LogP contribution < -0.4 is 35.0 Å². The third-order valence-electron chi connectivity index (χ3n) is 14.7. The highest BCUT2D eigenvalue weighted by molar-refractivity contribution is 7.70. The molecule has 0 unspecified atom stereocenters. The minimum Gasteiger partial charge on any atom is -0.497 e. The van der Waals surface area contributed by atoms with E-state index in [1.54, 1.807) is 37.3 Å². The van der Waals surface area contributed by atoms with Crippen LogP contribution in [-0.4, -0.2) is 139 Å². The van der Waals surface area contributed by atoms with Crippen LogP contribution in [0, 0.1) is 0 Å². The number of aliphatic imine (C=N–C) groups is 1. The van der Waals surface area contributed by atoms with Gasteiger partial charge in [0.15, 0.2) is 5.82 Å². The van der Waals surface area contributed by atoms with Gasteiger partial charge in [0.1, 0.15) is 47.8 Å². The molecule has 2 atom stereocenters. The maximum absolute atomic E-state index is 15.3. The minimum absolute atomic E-state index is 0.0554. The number of methoxy groups -OCH3 is 2. The van der Waals surface area contributed by atoms with Gasteiger partial charge in [-0.2, -0.15) is 4.98 Å². The Hall–Kier alpha value is -6.55. The second-order valence-electron chi connectivity index (χ2n) is 20.3. The Kier molecular flexibility index (Phi) is 15.9. The number of hydrogen-bond donors (Lipinski definition) is 2. The number of urea groups is 1. The highest BCUT2D eigenvalue weighted by Crippen LogP contribution is 2.47. The molecule has 6 aromatic rings. The highest BCUT2D eigenvalue weighted by atomic mass is 35.5. The quantitative estimate of drug-likeness (QED) is 0.0940. The fourth-order valence-corrected chi connectivity index (χ4v) is 12.2. The zero-order chi connectivity index (χ0) is 54.1. The standard InChI is InChI=1S/C57H62Cl3N10O6P/c1-35(2)76-48-32-43(74-3)20-21-44(48)55-64-52(36-11-15-38(58)16-12-36)53(37-13-17-39(59)18-14-37)70(55)57(72)68-27-28-69(51(71)34-68)42-29-41(30-42)67-25-23-66(24-26-67)40-19-22-46(49(31-40)75-4)63-56-61-33-45(60)54(65-56)62-47-9-7-8-10-50(47)77(5,6)73/h7-22,31-33,35,41-42,52-53H,23-30,34H2,1-6H3,(H2,61,62,63,65)/t41?,42?,52-,53+/m0/s1. The Morgan fingerprint density at radius 2 is 1.45 bits per heavy atom. The summed E-state index contributed by atoms with van der Waals surface area (Å²) in [5.41, 5.74) is 4.72. The molecular formula is C57H62Cl3N10O6P. The van der Waals surface area contributed by atoms with Crippen LogP contribution in [-0.2, 0) is 9.36 Å². The maximum Gasteiger partial charge on any atom is 0.326 e. The van der Waals surface area contributed by atoms with Crippen molar-refractivity contribution in [1.82, 2.24) is 29.6 Å². The Morgan fingerprint density at radius 3 is 2.12 bits per heavy atom. The molecule has 1 aromatic heterocycles. The molecule has 16 nitrogen and oxygen atoms in total. The predicted molar refractivity (Wildman–Crippen MR) is 307 cm³/mol. The van der Waals surface area contributed by atoms with Crippen LogP contribution in [0.3, 0.4) is 0 Å². The van der Waals surface area contributed by atoms with Crippen molar-refractivity contribution in [3.8, 4) is 17.2 Å². The van der Waals surface area contributed by atoms with E-state index in [0.29, 0.717) is 91.3 Å². The van der Waals surface area contributed by atoms with Gasteiger partial charge in [-0.25, -0.2) is 9.78 Å². The number of carbonyl (C=O) groups excluding carboxylic acids is 2. The molecule has 1 aliphatic carbocycles. The Balaban J connectivity index is 0.780. The Morgan fingerprint density at radius 1 is 0.753 bits per heavy atom. The number of hydrogen-bond acceptors (Lipinski definition) is 13. The van der Waals surface area contributed by atoms with Crippen molar-refractivity contribution in [2.45, 2.75) is 57.0 Å². The van der Waals surface area contributed by atoms with Crippen molar-refractivity contribution in [3.63, 3.8) is 0 Å². The number of anilines is 5. The van der Waals surface area contributed by atoms with Gasteiger partial charge in [-0.3, -0.25) is 19.6 Å². The molecule has 5 aromatic carbocycles. The number of nitrogens with zero attached hydrogens (tertiary/aromatic N) is 8. The number of piperazine rings is 2. The molecule has 3 amide bonds. The number of aromatic nitrogens is 2. The highest BCUT2D eigenvalue weighted by Gasteiger charge is 2.47. The summed E-state index contributed by atoms with van der Waals surface area (Å²) in [6.45, 7) is 11.5. The lowest BCUT2D eigenvalue weighted by atomic mass is 9.83. The molecule has 20 heteroatoms. The molecule has 2 N–H and O–H groups in total. The number of rotatable bonds is 15.